The van der Waals surface area contributed by atoms with Crippen molar-refractivity contribution < 1.29 is 14.7 Å². The Labute approximate surface area is 197 Å². The molecule has 0 aliphatic carbocycles. The average molecular weight is 466 g/mol. The van der Waals surface area contributed by atoms with Crippen molar-refractivity contribution in [2.75, 3.05) is 10.5 Å². The summed E-state index contributed by atoms with van der Waals surface area (Å²) in [5, 5.41) is 11.1. The maximum atomic E-state index is 12.6. The minimum Gasteiger partial charge on any atom is -0.477 e. The maximum absolute atomic E-state index is 12.6. The molecule has 1 unspecified atom stereocenters. The van der Waals surface area contributed by atoms with Gasteiger partial charge in [0.25, 0.3) is 5.85 Å². The van der Waals surface area contributed by atoms with Gasteiger partial charge < -0.3 is 10.8 Å². The SMILES string of the molecule is CC(C)CC(C(C)C)(C(C)C)C1(n2c(C(=O)O)cc3cc(N)ccc32)ON1[si]1ccccc1. The number of hydrogen-bond acceptors (Lipinski definition) is 4. The molecule has 1 aliphatic rings. The van der Waals surface area contributed by atoms with Crippen molar-refractivity contribution in [2.24, 2.45) is 23.2 Å². The molecule has 7 heteroatoms. The number of rotatable bonds is 8. The van der Waals surface area contributed by atoms with Gasteiger partial charge in [0.05, 0.1) is 5.52 Å². The van der Waals surface area contributed by atoms with Crippen LogP contribution in [0.15, 0.2) is 53.8 Å². The highest BCUT2D eigenvalue weighted by atomic mass is 28.2. The molecular formula is C26H35N3O3Si. The number of nitrogen functional groups attached to an aromatic ring is 1. The summed E-state index contributed by atoms with van der Waals surface area (Å²) in [4.78, 5) is 19.3. The number of hydroxylamine groups is 1. The monoisotopic (exact) mass is 465 g/mol. The molecule has 1 aliphatic heterocycles. The second-order valence-electron chi connectivity index (χ2n) is 10.3. The lowest BCUT2D eigenvalue weighted by Gasteiger charge is -2.47. The first kappa shape index (κ1) is 23.5. The fourth-order valence-corrected chi connectivity index (χ4v) is 7.82. The quantitative estimate of drug-likeness (QED) is 0.261. The van der Waals surface area contributed by atoms with E-state index in [2.05, 4.69) is 69.8 Å². The zero-order valence-electron chi connectivity index (χ0n) is 20.4. The number of aromatic carboxylic acids is 1. The minimum absolute atomic E-state index is 0.227. The number of nitrogens with zero attached hydrogens (tertiary/aromatic N) is 2. The second kappa shape index (κ2) is 8.29. The molecule has 33 heavy (non-hydrogen) atoms. The average Bonchev–Trinajstić information content (AvgIpc) is 3.38. The van der Waals surface area contributed by atoms with E-state index in [4.69, 9.17) is 10.6 Å². The van der Waals surface area contributed by atoms with Crippen molar-refractivity contribution in [3.63, 3.8) is 0 Å². The van der Waals surface area contributed by atoms with E-state index in [1.165, 1.54) is 0 Å². The van der Waals surface area contributed by atoms with Crippen LogP contribution < -0.4 is 10.5 Å². The zero-order chi connectivity index (χ0) is 24.1. The molecule has 6 nitrogen and oxygen atoms in total. The predicted octanol–water partition coefficient (Wildman–Crippen LogP) is 5.49. The van der Waals surface area contributed by atoms with Gasteiger partial charge in [-0.15, -0.1) is 0 Å². The van der Waals surface area contributed by atoms with Crippen LogP contribution in [0.25, 0.3) is 10.9 Å². The Morgan fingerprint density at radius 1 is 1.09 bits per heavy atom. The number of carbonyl (C=O) groups is 1. The maximum Gasteiger partial charge on any atom is 0.352 e. The third kappa shape index (κ3) is 3.49. The number of benzene rings is 1. The summed E-state index contributed by atoms with van der Waals surface area (Å²) in [5.74, 6) is -0.991. The summed E-state index contributed by atoms with van der Waals surface area (Å²) in [6.07, 6.45) is 0.904. The number of nitrogens with two attached hydrogens (primary N) is 1. The Bertz CT molecular complexity index is 1160. The van der Waals surface area contributed by atoms with Crippen LogP contribution in [-0.4, -0.2) is 24.2 Å². The predicted molar refractivity (Wildman–Crippen MR) is 135 cm³/mol. The zero-order valence-corrected chi connectivity index (χ0v) is 21.4. The fourth-order valence-electron chi connectivity index (χ4n) is 5.93. The number of carboxylic acid groups (broad SMARTS) is 1. The highest BCUT2D eigenvalue weighted by Crippen LogP contribution is 2.63. The van der Waals surface area contributed by atoms with Gasteiger partial charge in [0.2, 0.25) is 0 Å². The lowest BCUT2D eigenvalue weighted by molar-refractivity contribution is -0.0586. The Balaban J connectivity index is 2.11. The Hall–Kier alpha value is -2.64. The Kier molecular flexibility index (Phi) is 5.91. The molecule has 1 aromatic carbocycles. The molecule has 1 atom stereocenters. The second-order valence-corrected chi connectivity index (χ2v) is 12.2. The summed E-state index contributed by atoms with van der Waals surface area (Å²) >= 11 is 0. The molecule has 176 valence electrons. The molecule has 3 heterocycles. The third-order valence-corrected chi connectivity index (χ3v) is 9.14. The summed E-state index contributed by atoms with van der Waals surface area (Å²) in [5.41, 5.74) is 11.8. The van der Waals surface area contributed by atoms with Crippen LogP contribution in [0.4, 0.5) is 5.69 Å². The van der Waals surface area contributed by atoms with Gasteiger partial charge >= 0.3 is 5.97 Å². The van der Waals surface area contributed by atoms with Crippen LogP contribution in [-0.2, 0) is 10.7 Å². The Morgan fingerprint density at radius 3 is 2.27 bits per heavy atom. The molecule has 1 fully saturated rings. The van der Waals surface area contributed by atoms with Gasteiger partial charge in [-0.3, -0.25) is 4.57 Å². The number of anilines is 1. The summed E-state index contributed by atoms with van der Waals surface area (Å²) < 4.78 is 4.05. The van der Waals surface area contributed by atoms with Crippen molar-refractivity contribution in [3.05, 3.63) is 59.5 Å². The van der Waals surface area contributed by atoms with Crippen LogP contribution in [0.3, 0.4) is 0 Å². The highest BCUT2D eigenvalue weighted by Gasteiger charge is 2.72. The van der Waals surface area contributed by atoms with Gasteiger partial charge in [-0.1, -0.05) is 71.1 Å². The molecule has 0 amide bonds. The molecule has 1 saturated heterocycles. The minimum atomic E-state index is -1.31. The molecule has 0 spiro atoms. The summed E-state index contributed by atoms with van der Waals surface area (Å²) in [6.45, 7) is 13.4. The first-order valence-electron chi connectivity index (χ1n) is 11.8. The van der Waals surface area contributed by atoms with E-state index in [0.717, 1.165) is 17.3 Å². The van der Waals surface area contributed by atoms with Crippen LogP contribution in [0.2, 0.25) is 0 Å². The molecule has 3 N–H and O–H groups in total. The number of carboxylic acids is 1. The molecule has 3 aromatic rings. The molecule has 2 aromatic heterocycles. The molecule has 0 radical (unpaired) electrons. The van der Waals surface area contributed by atoms with Crippen molar-refractivity contribution in [3.8, 4) is 0 Å². The van der Waals surface area contributed by atoms with Gasteiger partial charge in [-0.05, 0) is 48.4 Å². The summed E-state index contributed by atoms with van der Waals surface area (Å²) in [7, 11) is -1.31. The standard InChI is InChI=1S/C26H35N3O3Si/c1-17(2)16-25(18(3)4,19(5)6)26(29(32-26)33-12-8-7-9-13-33)28-22-11-10-21(27)14-20(22)15-23(28)24(30)31/h7-15,17-19H,16,27H2,1-6H3,(H,30,31). The third-order valence-electron chi connectivity index (χ3n) is 7.21. The smallest absolute Gasteiger partial charge is 0.352 e. The van der Waals surface area contributed by atoms with E-state index in [1.807, 2.05) is 28.8 Å². The number of fused-ring (bicyclic) bond motifs is 1. The first-order valence-corrected chi connectivity index (χ1v) is 13.4. The molecular weight excluding hydrogens is 430 g/mol. The molecule has 0 saturated carbocycles. The van der Waals surface area contributed by atoms with E-state index >= 15 is 0 Å². The van der Waals surface area contributed by atoms with Crippen LogP contribution in [0.1, 0.15) is 58.5 Å². The van der Waals surface area contributed by atoms with E-state index < -0.39 is 20.4 Å². The normalized spacial score (nSPS) is 18.6. The van der Waals surface area contributed by atoms with E-state index in [0.29, 0.717) is 11.6 Å². The van der Waals surface area contributed by atoms with Crippen molar-refractivity contribution in [1.82, 2.24) is 4.57 Å². The van der Waals surface area contributed by atoms with Gasteiger partial charge in [-0.2, -0.15) is 0 Å². The van der Waals surface area contributed by atoms with Gasteiger partial charge in [0, 0.05) is 16.5 Å². The van der Waals surface area contributed by atoms with Crippen molar-refractivity contribution in [2.45, 2.75) is 53.8 Å². The topological polar surface area (TPSA) is 83.8 Å². The van der Waals surface area contributed by atoms with Gasteiger partial charge in [-0.25, -0.2) is 14.4 Å². The highest BCUT2D eigenvalue weighted by molar-refractivity contribution is 6.53. The molecule has 0 bridgehead atoms. The summed E-state index contributed by atoms with van der Waals surface area (Å²) in [6, 6.07) is 13.5. The van der Waals surface area contributed by atoms with E-state index in [9.17, 15) is 9.90 Å². The Morgan fingerprint density at radius 2 is 1.73 bits per heavy atom. The van der Waals surface area contributed by atoms with Gasteiger partial charge in [0.15, 0.2) is 8.56 Å². The van der Waals surface area contributed by atoms with Gasteiger partial charge in [0.1, 0.15) is 5.69 Å². The van der Waals surface area contributed by atoms with E-state index in [-0.39, 0.29) is 22.9 Å². The lowest BCUT2D eigenvalue weighted by atomic mass is 9.61. The van der Waals surface area contributed by atoms with Crippen LogP contribution in [0.5, 0.6) is 0 Å². The lowest BCUT2D eigenvalue weighted by Crippen LogP contribution is -2.53. The fraction of sp³-hybridized carbons (Fsp3) is 0.462. The van der Waals surface area contributed by atoms with Crippen molar-refractivity contribution in [1.29, 1.82) is 0 Å². The first-order chi connectivity index (χ1) is 15.6. The number of hydrogen-bond donors (Lipinski definition) is 2. The van der Waals surface area contributed by atoms with Crippen molar-refractivity contribution >= 4 is 31.1 Å². The van der Waals surface area contributed by atoms with E-state index in [1.54, 1.807) is 6.07 Å². The largest absolute Gasteiger partial charge is 0.477 e. The molecule has 4 rings (SSSR count). The van der Waals surface area contributed by atoms with Crippen LogP contribution in [0, 0.1) is 23.2 Å². The van der Waals surface area contributed by atoms with Crippen LogP contribution >= 0.6 is 0 Å². The number of aromatic nitrogens is 1.